The molecule has 0 heterocycles. The van der Waals surface area contributed by atoms with Gasteiger partial charge in [-0.05, 0) is 55.5 Å². The summed E-state index contributed by atoms with van der Waals surface area (Å²) in [6.07, 6.45) is 5.58. The molecule has 0 saturated heterocycles. The smallest absolute Gasteiger partial charge is 0.242 e. The Morgan fingerprint density at radius 2 is 1.88 bits per heavy atom. The third-order valence-electron chi connectivity index (χ3n) is 6.11. The Balaban J connectivity index is 1.66. The molecule has 6 heteroatoms. The summed E-state index contributed by atoms with van der Waals surface area (Å²) < 4.78 is 0. The molecular formula is C26H33ClN2O2S. The van der Waals surface area contributed by atoms with Gasteiger partial charge in [0.05, 0.1) is 5.75 Å². The van der Waals surface area contributed by atoms with Gasteiger partial charge in [0.2, 0.25) is 11.8 Å². The molecule has 2 amide bonds. The molecule has 1 atom stereocenters. The maximum Gasteiger partial charge on any atom is 0.242 e. The molecule has 1 saturated carbocycles. The van der Waals surface area contributed by atoms with Crippen molar-refractivity contribution < 1.29 is 9.59 Å². The van der Waals surface area contributed by atoms with E-state index in [1.165, 1.54) is 17.5 Å². The lowest BCUT2D eigenvalue weighted by Gasteiger charge is -2.31. The molecule has 0 bridgehead atoms. The number of carbonyl (C=O) groups is 2. The van der Waals surface area contributed by atoms with Gasteiger partial charge in [-0.2, -0.15) is 0 Å². The van der Waals surface area contributed by atoms with Crippen LogP contribution in [0.25, 0.3) is 0 Å². The Hall–Kier alpha value is -1.98. The standard InChI is InChI=1S/C26H33ClN2O2S/c1-19-9-6-7-11-22(19)17-32-18-25(30)29(16-21-10-8-12-23(27)15-21)20(2)26(31)28-24-13-4-3-5-14-24/h6-12,15,20,24H,3-5,13-14,16-18H2,1-2H3,(H,28,31)/t20-/m0/s1. The van der Waals surface area contributed by atoms with Gasteiger partial charge < -0.3 is 10.2 Å². The fraction of sp³-hybridized carbons (Fsp3) is 0.462. The van der Waals surface area contributed by atoms with Gasteiger partial charge in [0.15, 0.2) is 0 Å². The molecule has 2 aromatic carbocycles. The highest BCUT2D eigenvalue weighted by Crippen LogP contribution is 2.21. The fourth-order valence-corrected chi connectivity index (χ4v) is 5.29. The molecule has 4 nitrogen and oxygen atoms in total. The van der Waals surface area contributed by atoms with Crippen LogP contribution in [0.15, 0.2) is 48.5 Å². The van der Waals surface area contributed by atoms with Gasteiger partial charge in [-0.15, -0.1) is 11.8 Å². The molecule has 0 spiro atoms. The average molecular weight is 473 g/mol. The molecule has 172 valence electrons. The summed E-state index contributed by atoms with van der Waals surface area (Å²) in [7, 11) is 0. The monoisotopic (exact) mass is 472 g/mol. The van der Waals surface area contributed by atoms with Crippen LogP contribution in [0.2, 0.25) is 5.02 Å². The van der Waals surface area contributed by atoms with Crippen LogP contribution >= 0.6 is 23.4 Å². The van der Waals surface area contributed by atoms with Crippen molar-refractivity contribution in [2.75, 3.05) is 5.75 Å². The second-order valence-electron chi connectivity index (χ2n) is 8.59. The zero-order valence-corrected chi connectivity index (χ0v) is 20.6. The number of benzene rings is 2. The average Bonchev–Trinajstić information content (AvgIpc) is 2.79. The van der Waals surface area contributed by atoms with Crippen LogP contribution in [-0.2, 0) is 21.9 Å². The van der Waals surface area contributed by atoms with Crippen LogP contribution < -0.4 is 5.32 Å². The number of amides is 2. The first-order valence-corrected chi connectivity index (χ1v) is 12.9. The van der Waals surface area contributed by atoms with E-state index in [1.807, 2.05) is 43.3 Å². The molecule has 1 aliphatic rings. The summed E-state index contributed by atoms with van der Waals surface area (Å²) in [4.78, 5) is 27.9. The molecule has 2 aromatic rings. The Morgan fingerprint density at radius 3 is 2.59 bits per heavy atom. The number of carbonyl (C=O) groups excluding carboxylic acids is 2. The normalized spacial score (nSPS) is 15.2. The number of thioether (sulfide) groups is 1. The fourth-order valence-electron chi connectivity index (χ4n) is 4.09. The molecule has 1 N–H and O–H groups in total. The van der Waals surface area contributed by atoms with Gasteiger partial charge in [0, 0.05) is 23.4 Å². The van der Waals surface area contributed by atoms with Gasteiger partial charge in [0.25, 0.3) is 0 Å². The minimum atomic E-state index is -0.539. The summed E-state index contributed by atoms with van der Waals surface area (Å²) in [5, 5.41) is 3.80. The van der Waals surface area contributed by atoms with E-state index in [2.05, 4.69) is 24.4 Å². The summed E-state index contributed by atoms with van der Waals surface area (Å²) in [6, 6.07) is 15.4. The van der Waals surface area contributed by atoms with Crippen molar-refractivity contribution in [1.29, 1.82) is 0 Å². The lowest BCUT2D eigenvalue weighted by Crippen LogP contribution is -2.50. The van der Waals surface area contributed by atoms with Crippen LogP contribution in [0.3, 0.4) is 0 Å². The molecule has 3 rings (SSSR count). The van der Waals surface area contributed by atoms with Crippen molar-refractivity contribution in [3.63, 3.8) is 0 Å². The number of hydrogen-bond donors (Lipinski definition) is 1. The zero-order valence-electron chi connectivity index (χ0n) is 19.0. The van der Waals surface area contributed by atoms with E-state index in [-0.39, 0.29) is 17.9 Å². The highest BCUT2D eigenvalue weighted by Gasteiger charge is 2.28. The lowest BCUT2D eigenvalue weighted by atomic mass is 9.95. The second kappa shape index (κ2) is 12.3. The zero-order chi connectivity index (χ0) is 22.9. The second-order valence-corrected chi connectivity index (χ2v) is 10.0. The Labute approximate surface area is 201 Å². The SMILES string of the molecule is Cc1ccccc1CSCC(=O)N(Cc1cccc(Cl)c1)[C@@H](C)C(=O)NC1CCCCC1. The van der Waals surface area contributed by atoms with E-state index in [9.17, 15) is 9.59 Å². The predicted octanol–water partition coefficient (Wildman–Crippen LogP) is 5.75. The van der Waals surface area contributed by atoms with E-state index in [4.69, 9.17) is 11.6 Å². The maximum absolute atomic E-state index is 13.2. The van der Waals surface area contributed by atoms with E-state index < -0.39 is 6.04 Å². The van der Waals surface area contributed by atoms with Gasteiger partial charge >= 0.3 is 0 Å². The molecule has 0 aromatic heterocycles. The minimum Gasteiger partial charge on any atom is -0.352 e. The number of hydrogen-bond acceptors (Lipinski definition) is 3. The van der Waals surface area contributed by atoms with Crippen LogP contribution in [-0.4, -0.2) is 34.6 Å². The maximum atomic E-state index is 13.2. The Kier molecular flexibility index (Phi) is 9.49. The topological polar surface area (TPSA) is 49.4 Å². The minimum absolute atomic E-state index is 0.0325. The predicted molar refractivity (Wildman–Crippen MR) is 134 cm³/mol. The first kappa shape index (κ1) is 24.7. The molecule has 0 radical (unpaired) electrons. The summed E-state index contributed by atoms with van der Waals surface area (Å²) in [5.74, 6) is 0.994. The number of nitrogens with one attached hydrogen (secondary N) is 1. The van der Waals surface area contributed by atoms with Gasteiger partial charge in [-0.25, -0.2) is 0 Å². The van der Waals surface area contributed by atoms with Crippen molar-refractivity contribution in [2.45, 2.75) is 70.3 Å². The molecule has 1 aliphatic carbocycles. The number of rotatable bonds is 9. The van der Waals surface area contributed by atoms with E-state index in [0.717, 1.165) is 37.0 Å². The lowest BCUT2D eigenvalue weighted by molar-refractivity contribution is -0.139. The summed E-state index contributed by atoms with van der Waals surface area (Å²) in [6.45, 7) is 4.27. The molecular weight excluding hydrogens is 440 g/mol. The van der Waals surface area contributed by atoms with Gasteiger partial charge in [0.1, 0.15) is 6.04 Å². The van der Waals surface area contributed by atoms with E-state index in [0.29, 0.717) is 17.3 Å². The number of halogens is 1. The molecule has 0 unspecified atom stereocenters. The first-order valence-electron chi connectivity index (χ1n) is 11.4. The van der Waals surface area contributed by atoms with Crippen LogP contribution in [0.4, 0.5) is 0 Å². The molecule has 0 aliphatic heterocycles. The van der Waals surface area contributed by atoms with Gasteiger partial charge in [-0.3, -0.25) is 9.59 Å². The number of nitrogens with zero attached hydrogens (tertiary/aromatic N) is 1. The van der Waals surface area contributed by atoms with Crippen LogP contribution in [0, 0.1) is 6.92 Å². The molecule has 1 fully saturated rings. The largest absolute Gasteiger partial charge is 0.352 e. The Bertz CT molecular complexity index is 914. The van der Waals surface area contributed by atoms with Crippen molar-refractivity contribution in [3.05, 3.63) is 70.2 Å². The summed E-state index contributed by atoms with van der Waals surface area (Å²) >= 11 is 7.74. The van der Waals surface area contributed by atoms with Crippen molar-refractivity contribution >= 4 is 35.2 Å². The Morgan fingerprint density at radius 1 is 1.12 bits per heavy atom. The molecule has 32 heavy (non-hydrogen) atoms. The quantitative estimate of drug-likeness (QED) is 0.505. The van der Waals surface area contributed by atoms with E-state index >= 15 is 0 Å². The van der Waals surface area contributed by atoms with Crippen molar-refractivity contribution in [2.24, 2.45) is 0 Å². The van der Waals surface area contributed by atoms with Gasteiger partial charge in [-0.1, -0.05) is 67.3 Å². The van der Waals surface area contributed by atoms with Crippen molar-refractivity contribution in [1.82, 2.24) is 10.2 Å². The highest BCUT2D eigenvalue weighted by molar-refractivity contribution is 7.99. The van der Waals surface area contributed by atoms with Crippen LogP contribution in [0.5, 0.6) is 0 Å². The third kappa shape index (κ3) is 7.28. The summed E-state index contributed by atoms with van der Waals surface area (Å²) in [5.41, 5.74) is 3.38. The third-order valence-corrected chi connectivity index (χ3v) is 7.31. The van der Waals surface area contributed by atoms with Crippen LogP contribution in [0.1, 0.15) is 55.7 Å². The van der Waals surface area contributed by atoms with Crippen molar-refractivity contribution in [3.8, 4) is 0 Å². The highest BCUT2D eigenvalue weighted by atomic mass is 35.5. The van der Waals surface area contributed by atoms with E-state index in [1.54, 1.807) is 16.7 Å². The first-order chi connectivity index (χ1) is 15.4. The number of aryl methyl sites for hydroxylation is 1.